The summed E-state index contributed by atoms with van der Waals surface area (Å²) in [4.78, 5) is 4.73. The summed E-state index contributed by atoms with van der Waals surface area (Å²) in [5.74, 6) is 0.0967. The van der Waals surface area contributed by atoms with Gasteiger partial charge in [-0.2, -0.15) is 0 Å². The summed E-state index contributed by atoms with van der Waals surface area (Å²) in [5.41, 5.74) is 4.75. The minimum atomic E-state index is -3.48. The average molecular weight is 356 g/mol. The standard InChI is InChI=1S/C21H25NO2S/c1-14-8-10-18(11-9-14)25(23,24)21-20(12-13-22-21)17(4)19-7-5-6-15(2)16(19)3/h5-11,13,17,20-21H,12H2,1-4H3. The van der Waals surface area contributed by atoms with Crippen LogP contribution in [0.3, 0.4) is 0 Å². The molecule has 25 heavy (non-hydrogen) atoms. The highest BCUT2D eigenvalue weighted by molar-refractivity contribution is 7.92. The Morgan fingerprint density at radius 3 is 2.40 bits per heavy atom. The number of sulfone groups is 1. The van der Waals surface area contributed by atoms with Gasteiger partial charge in [-0.05, 0) is 61.9 Å². The van der Waals surface area contributed by atoms with Crippen LogP contribution in [-0.4, -0.2) is 20.0 Å². The minimum absolute atomic E-state index is 0.0354. The summed E-state index contributed by atoms with van der Waals surface area (Å²) < 4.78 is 26.3. The second-order valence-electron chi connectivity index (χ2n) is 7.06. The number of hydrogen-bond acceptors (Lipinski definition) is 3. The first-order valence-corrected chi connectivity index (χ1v) is 10.3. The molecular weight excluding hydrogens is 330 g/mol. The predicted molar refractivity (Wildman–Crippen MR) is 103 cm³/mol. The molecule has 3 unspecified atom stereocenters. The molecule has 0 amide bonds. The van der Waals surface area contributed by atoms with Crippen molar-refractivity contribution in [1.29, 1.82) is 0 Å². The number of aryl methyl sites for hydroxylation is 2. The monoisotopic (exact) mass is 355 g/mol. The third kappa shape index (κ3) is 3.28. The highest BCUT2D eigenvalue weighted by Crippen LogP contribution is 2.39. The van der Waals surface area contributed by atoms with Gasteiger partial charge in [0.1, 0.15) is 0 Å². The van der Waals surface area contributed by atoms with E-state index in [-0.39, 0.29) is 11.8 Å². The van der Waals surface area contributed by atoms with E-state index >= 15 is 0 Å². The molecule has 0 saturated carbocycles. The van der Waals surface area contributed by atoms with E-state index in [2.05, 4.69) is 37.9 Å². The molecule has 2 aromatic carbocycles. The summed E-state index contributed by atoms with van der Waals surface area (Å²) in [7, 11) is -3.48. The van der Waals surface area contributed by atoms with Crippen LogP contribution >= 0.6 is 0 Å². The van der Waals surface area contributed by atoms with Crippen molar-refractivity contribution in [2.24, 2.45) is 10.9 Å². The van der Waals surface area contributed by atoms with Crippen LogP contribution in [0.25, 0.3) is 0 Å². The van der Waals surface area contributed by atoms with Gasteiger partial charge in [-0.3, -0.25) is 4.99 Å². The number of rotatable bonds is 4. The molecule has 3 nitrogen and oxygen atoms in total. The van der Waals surface area contributed by atoms with E-state index in [1.807, 2.05) is 25.1 Å². The molecule has 0 fully saturated rings. The zero-order valence-corrected chi connectivity index (χ0v) is 16.0. The lowest BCUT2D eigenvalue weighted by atomic mass is 9.83. The molecule has 132 valence electrons. The third-order valence-electron chi connectivity index (χ3n) is 5.44. The normalized spacial score (nSPS) is 21.4. The summed E-state index contributed by atoms with van der Waals surface area (Å²) >= 11 is 0. The third-order valence-corrected chi connectivity index (χ3v) is 7.48. The van der Waals surface area contributed by atoms with Gasteiger partial charge >= 0.3 is 0 Å². The van der Waals surface area contributed by atoms with Crippen molar-refractivity contribution in [3.8, 4) is 0 Å². The number of hydrogen-bond donors (Lipinski definition) is 0. The fraction of sp³-hybridized carbons (Fsp3) is 0.381. The van der Waals surface area contributed by atoms with Crippen molar-refractivity contribution >= 4 is 16.1 Å². The van der Waals surface area contributed by atoms with Crippen LogP contribution in [0.5, 0.6) is 0 Å². The Morgan fingerprint density at radius 2 is 1.72 bits per heavy atom. The Hall–Kier alpha value is -1.94. The molecule has 1 heterocycles. The topological polar surface area (TPSA) is 46.5 Å². The smallest absolute Gasteiger partial charge is 0.201 e. The Bertz CT molecular complexity index is 898. The fourth-order valence-corrected chi connectivity index (χ4v) is 5.49. The van der Waals surface area contributed by atoms with Gasteiger partial charge in [-0.1, -0.05) is 42.8 Å². The van der Waals surface area contributed by atoms with Gasteiger partial charge < -0.3 is 0 Å². The second kappa shape index (κ2) is 6.75. The van der Waals surface area contributed by atoms with E-state index in [0.29, 0.717) is 11.3 Å². The van der Waals surface area contributed by atoms with Crippen molar-refractivity contribution in [1.82, 2.24) is 0 Å². The molecule has 0 spiro atoms. The summed E-state index contributed by atoms with van der Waals surface area (Å²) in [6.07, 6.45) is 2.48. The lowest BCUT2D eigenvalue weighted by Crippen LogP contribution is -2.29. The van der Waals surface area contributed by atoms with Crippen LogP contribution < -0.4 is 0 Å². The van der Waals surface area contributed by atoms with Crippen molar-refractivity contribution < 1.29 is 8.42 Å². The summed E-state index contributed by atoms with van der Waals surface area (Å²) in [6.45, 7) is 8.28. The first kappa shape index (κ1) is 17.9. The molecular formula is C21H25NO2S. The molecule has 3 atom stereocenters. The highest BCUT2D eigenvalue weighted by atomic mass is 32.2. The lowest BCUT2D eigenvalue weighted by molar-refractivity contribution is 0.450. The van der Waals surface area contributed by atoms with Gasteiger partial charge in [0, 0.05) is 12.1 Å². The molecule has 1 aliphatic rings. The average Bonchev–Trinajstić information content (AvgIpc) is 3.08. The van der Waals surface area contributed by atoms with E-state index in [0.717, 1.165) is 5.56 Å². The van der Waals surface area contributed by atoms with Gasteiger partial charge in [-0.15, -0.1) is 0 Å². The Morgan fingerprint density at radius 1 is 1.04 bits per heavy atom. The second-order valence-corrected chi connectivity index (χ2v) is 9.10. The molecule has 0 N–H and O–H groups in total. The van der Waals surface area contributed by atoms with Gasteiger partial charge in [0.15, 0.2) is 5.37 Å². The Balaban J connectivity index is 1.95. The van der Waals surface area contributed by atoms with E-state index in [9.17, 15) is 8.42 Å². The molecule has 0 bridgehead atoms. The number of aliphatic imine (C=N–C) groups is 1. The SMILES string of the molecule is Cc1ccc(S(=O)(=O)C2N=CCC2C(C)c2cccc(C)c2C)cc1. The Labute approximate surface area is 150 Å². The highest BCUT2D eigenvalue weighted by Gasteiger charge is 2.40. The van der Waals surface area contributed by atoms with Crippen LogP contribution in [0.1, 0.15) is 41.5 Å². The number of nitrogens with zero attached hydrogens (tertiary/aromatic N) is 1. The summed E-state index contributed by atoms with van der Waals surface area (Å²) in [6, 6.07) is 13.3. The van der Waals surface area contributed by atoms with Crippen molar-refractivity contribution in [2.45, 2.75) is 50.3 Å². The molecule has 0 aliphatic carbocycles. The molecule has 2 aromatic rings. The van der Waals surface area contributed by atoms with Gasteiger partial charge in [-0.25, -0.2) is 8.42 Å². The fourth-order valence-electron chi connectivity index (χ4n) is 3.64. The molecule has 0 aromatic heterocycles. The first-order valence-electron chi connectivity index (χ1n) is 8.70. The molecule has 0 radical (unpaired) electrons. The van der Waals surface area contributed by atoms with Gasteiger partial charge in [0.05, 0.1) is 4.90 Å². The molecule has 1 aliphatic heterocycles. The van der Waals surface area contributed by atoms with Crippen molar-refractivity contribution in [3.05, 3.63) is 64.7 Å². The van der Waals surface area contributed by atoms with Gasteiger partial charge in [0.2, 0.25) is 9.84 Å². The first-order chi connectivity index (χ1) is 11.8. The van der Waals surface area contributed by atoms with Crippen LogP contribution in [-0.2, 0) is 9.84 Å². The van der Waals surface area contributed by atoms with Gasteiger partial charge in [0.25, 0.3) is 0 Å². The maximum Gasteiger partial charge on any atom is 0.201 e. The van der Waals surface area contributed by atoms with Crippen molar-refractivity contribution in [2.75, 3.05) is 0 Å². The zero-order valence-electron chi connectivity index (χ0n) is 15.2. The quantitative estimate of drug-likeness (QED) is 0.804. The molecule has 0 saturated heterocycles. The largest absolute Gasteiger partial charge is 0.277 e. The maximum absolute atomic E-state index is 13.1. The van der Waals surface area contributed by atoms with Crippen LogP contribution in [0, 0.1) is 26.7 Å². The van der Waals surface area contributed by atoms with E-state index in [1.54, 1.807) is 18.3 Å². The molecule has 3 rings (SSSR count). The maximum atomic E-state index is 13.1. The lowest BCUT2D eigenvalue weighted by Gasteiger charge is -2.26. The minimum Gasteiger partial charge on any atom is -0.277 e. The van der Waals surface area contributed by atoms with Crippen LogP contribution in [0.2, 0.25) is 0 Å². The molecule has 4 heteroatoms. The number of benzene rings is 2. The van der Waals surface area contributed by atoms with Crippen LogP contribution in [0.4, 0.5) is 0 Å². The van der Waals surface area contributed by atoms with E-state index in [1.165, 1.54) is 16.7 Å². The summed E-state index contributed by atoms with van der Waals surface area (Å²) in [5, 5.41) is -0.704. The Kier molecular flexibility index (Phi) is 4.83. The predicted octanol–water partition coefficient (Wildman–Crippen LogP) is 4.61. The zero-order chi connectivity index (χ0) is 18.2. The van der Waals surface area contributed by atoms with E-state index < -0.39 is 15.2 Å². The van der Waals surface area contributed by atoms with Crippen LogP contribution in [0.15, 0.2) is 52.4 Å². The van der Waals surface area contributed by atoms with E-state index in [4.69, 9.17) is 0 Å². The van der Waals surface area contributed by atoms with Crippen molar-refractivity contribution in [3.63, 3.8) is 0 Å².